The molecule has 108 heavy (non-hydrogen) atoms. The Labute approximate surface area is 654 Å². The van der Waals surface area contributed by atoms with Crippen molar-refractivity contribution >= 4 is 39.5 Å². The van der Waals surface area contributed by atoms with Gasteiger partial charge in [0.15, 0.2) is 12.2 Å². The van der Waals surface area contributed by atoms with Crippen molar-refractivity contribution in [3.63, 3.8) is 0 Å². The molecule has 5 unspecified atom stereocenters. The Hall–Kier alpha value is -5.58. The number of hydrogen-bond donors (Lipinski definition) is 3. The standard InChI is InChI=1S/C89H146O17P2/c1-5-9-13-17-21-25-29-33-36-39-41-44-46-50-53-57-61-65-69-73-86(91)99-79-84(105-88(93)75-71-67-63-59-55-49-32-28-24-20-16-12-8-4)81-103-107(95,96)101-77-83(90)78-102-108(97,98)104-82-85(106-89(94)76-72-68-64-60-56-52-48-43-38-35-31-27-23-19-15-11-7-3)80-100-87(92)74-70-66-62-58-54-51-47-45-42-40-37-34-30-26-22-18-14-10-6-2/h9-11,13-15,21-23,25-27,33-38,41-42,44-45,48,50-54,83-85,90H,5-8,12,16-20,24,28-32,39-40,43,46-47,49,55-82H2,1-4H3,(H,95,96)(H,97,98)/b13-9-,14-10-,15-11-,25-21-,26-22-,27-23-,36-33-,37-34-,38-35-,44-41-,45-42-,52-48-,53-50-,54-51-. The highest BCUT2D eigenvalue weighted by Gasteiger charge is 2.30. The van der Waals surface area contributed by atoms with Gasteiger partial charge in [-0.3, -0.25) is 37.3 Å². The topological polar surface area (TPSA) is 237 Å². The molecular formula is C89H146O17P2. The van der Waals surface area contributed by atoms with E-state index in [9.17, 15) is 43.2 Å². The summed E-state index contributed by atoms with van der Waals surface area (Å²) in [7, 11) is -10.00. The van der Waals surface area contributed by atoms with Gasteiger partial charge in [-0.25, -0.2) is 9.13 Å². The van der Waals surface area contributed by atoms with Crippen LogP contribution in [0, 0.1) is 0 Å². The lowest BCUT2D eigenvalue weighted by Gasteiger charge is -2.21. The van der Waals surface area contributed by atoms with Gasteiger partial charge in [0.25, 0.3) is 0 Å². The Morgan fingerprint density at radius 2 is 0.481 bits per heavy atom. The molecule has 0 aliphatic carbocycles. The molecule has 0 aromatic heterocycles. The first kappa shape index (κ1) is 102. The minimum atomic E-state index is -5.00. The summed E-state index contributed by atoms with van der Waals surface area (Å²) in [5.74, 6) is -2.28. The van der Waals surface area contributed by atoms with Crippen LogP contribution in [0.15, 0.2) is 170 Å². The van der Waals surface area contributed by atoms with Gasteiger partial charge in [0, 0.05) is 25.7 Å². The summed E-state index contributed by atoms with van der Waals surface area (Å²) in [4.78, 5) is 73.2. The van der Waals surface area contributed by atoms with E-state index in [2.05, 4.69) is 198 Å². The van der Waals surface area contributed by atoms with E-state index in [0.717, 1.165) is 180 Å². The molecule has 0 radical (unpaired) electrons. The second-order valence-electron chi connectivity index (χ2n) is 26.9. The zero-order valence-electron chi connectivity index (χ0n) is 67.2. The number of unbranched alkanes of at least 4 members (excludes halogenated alkanes) is 22. The van der Waals surface area contributed by atoms with E-state index >= 15 is 0 Å². The molecule has 0 fully saturated rings. The van der Waals surface area contributed by atoms with Crippen LogP contribution in [0.5, 0.6) is 0 Å². The molecule has 0 bridgehead atoms. The maximum atomic E-state index is 13.1. The molecular weight excluding hydrogens is 1400 g/mol. The Bertz CT molecular complexity index is 2710. The maximum Gasteiger partial charge on any atom is 0.472 e. The predicted molar refractivity (Wildman–Crippen MR) is 445 cm³/mol. The summed E-state index contributed by atoms with van der Waals surface area (Å²) >= 11 is 0. The molecule has 0 aliphatic rings. The van der Waals surface area contributed by atoms with E-state index in [0.29, 0.717) is 25.7 Å². The Morgan fingerprint density at radius 1 is 0.269 bits per heavy atom. The Balaban J connectivity index is 5.45. The zero-order chi connectivity index (χ0) is 78.9. The Kier molecular flexibility index (Phi) is 75.4. The SMILES string of the molecule is CC/C=C\C/C=C\C/C=C\C/C=C\C/C=C\CCCCCC(=O)OCC(COP(=O)(O)OCC(O)COP(=O)(O)OCC(COC(=O)CCCCC/C=C\C/C=C\C/C=C\C/C=C\C/C=C\CC)OC(=O)CCCCCCCCCCCCCCC)OC(=O)CCCCCC/C=C\C/C=C\C/C=C\C/C=C\CC. The normalized spacial score (nSPS) is 14.7. The molecule has 0 saturated heterocycles. The fourth-order valence-corrected chi connectivity index (χ4v) is 12.1. The molecule has 3 N–H and O–H groups in total. The average Bonchev–Trinajstić information content (AvgIpc) is 0.886. The van der Waals surface area contributed by atoms with Crippen molar-refractivity contribution in [1.29, 1.82) is 0 Å². The van der Waals surface area contributed by atoms with Crippen molar-refractivity contribution in [2.24, 2.45) is 0 Å². The monoisotopic (exact) mass is 1550 g/mol. The molecule has 0 saturated carbocycles. The highest BCUT2D eigenvalue weighted by Crippen LogP contribution is 2.45. The number of phosphoric acid groups is 2. The van der Waals surface area contributed by atoms with Crippen LogP contribution >= 0.6 is 15.6 Å². The summed E-state index contributed by atoms with van der Waals surface area (Å²) in [6, 6.07) is 0. The second kappa shape index (κ2) is 79.5. The fraction of sp³-hybridized carbons (Fsp3) is 0.640. The average molecular weight is 1550 g/mol. The van der Waals surface area contributed by atoms with Crippen LogP contribution in [0.3, 0.4) is 0 Å². The number of aliphatic hydroxyl groups excluding tert-OH is 1. The van der Waals surface area contributed by atoms with Crippen molar-refractivity contribution < 1.29 is 80.2 Å². The van der Waals surface area contributed by atoms with Crippen molar-refractivity contribution in [3.05, 3.63) is 170 Å². The molecule has 0 aromatic carbocycles. The molecule has 17 nitrogen and oxygen atoms in total. The number of allylic oxidation sites excluding steroid dienone is 28. The number of hydrogen-bond acceptors (Lipinski definition) is 15. The lowest BCUT2D eigenvalue weighted by atomic mass is 10.0. The second-order valence-corrected chi connectivity index (χ2v) is 29.8. The van der Waals surface area contributed by atoms with Gasteiger partial charge in [0.05, 0.1) is 26.4 Å². The third-order valence-electron chi connectivity index (χ3n) is 16.7. The van der Waals surface area contributed by atoms with E-state index < -0.39 is 97.5 Å². The molecule has 0 aliphatic heterocycles. The zero-order valence-corrected chi connectivity index (χ0v) is 69.0. The summed E-state index contributed by atoms with van der Waals surface area (Å²) in [6.45, 7) is 4.44. The minimum Gasteiger partial charge on any atom is -0.462 e. The number of carbonyl (C=O) groups is 4. The van der Waals surface area contributed by atoms with E-state index in [-0.39, 0.29) is 25.7 Å². The number of rotatable bonds is 76. The smallest absolute Gasteiger partial charge is 0.462 e. The summed E-state index contributed by atoms with van der Waals surface area (Å²) in [6.07, 6.45) is 94.6. The van der Waals surface area contributed by atoms with Crippen molar-refractivity contribution in [1.82, 2.24) is 0 Å². The largest absolute Gasteiger partial charge is 0.472 e. The molecule has 0 spiro atoms. The molecule has 0 rings (SSSR count). The van der Waals surface area contributed by atoms with Gasteiger partial charge in [0.2, 0.25) is 0 Å². The maximum absolute atomic E-state index is 13.1. The van der Waals surface area contributed by atoms with Gasteiger partial charge >= 0.3 is 39.5 Å². The minimum absolute atomic E-state index is 0.0529. The van der Waals surface area contributed by atoms with E-state index in [4.69, 9.17) is 37.0 Å². The quantitative estimate of drug-likeness (QED) is 0.0169. The van der Waals surface area contributed by atoms with Crippen LogP contribution in [0.25, 0.3) is 0 Å². The lowest BCUT2D eigenvalue weighted by molar-refractivity contribution is -0.161. The van der Waals surface area contributed by atoms with Gasteiger partial charge in [-0.05, 0) is 154 Å². The first-order chi connectivity index (χ1) is 52.7. The van der Waals surface area contributed by atoms with E-state index in [1.54, 1.807) is 0 Å². The van der Waals surface area contributed by atoms with E-state index in [1.807, 2.05) is 0 Å². The fourth-order valence-electron chi connectivity index (χ4n) is 10.5. The van der Waals surface area contributed by atoms with Gasteiger partial charge in [-0.2, -0.15) is 0 Å². The van der Waals surface area contributed by atoms with Gasteiger partial charge in [-0.1, -0.05) is 301 Å². The van der Waals surface area contributed by atoms with Gasteiger partial charge < -0.3 is 33.8 Å². The first-order valence-electron chi connectivity index (χ1n) is 41.4. The third kappa shape index (κ3) is 78.5. The Morgan fingerprint density at radius 3 is 0.750 bits per heavy atom. The summed E-state index contributed by atoms with van der Waals surface area (Å²) in [5, 5.41) is 10.7. The number of esters is 4. The molecule has 0 amide bonds. The van der Waals surface area contributed by atoms with Gasteiger partial charge in [0.1, 0.15) is 19.3 Å². The first-order valence-corrected chi connectivity index (χ1v) is 44.4. The van der Waals surface area contributed by atoms with Crippen molar-refractivity contribution in [2.45, 2.75) is 329 Å². The van der Waals surface area contributed by atoms with Crippen LogP contribution in [-0.4, -0.2) is 96.7 Å². The molecule has 5 atom stereocenters. The lowest BCUT2D eigenvalue weighted by Crippen LogP contribution is -2.30. The molecule has 0 aromatic rings. The summed E-state index contributed by atoms with van der Waals surface area (Å²) in [5.41, 5.74) is 0. The number of ether oxygens (including phenoxy) is 4. The number of carbonyl (C=O) groups excluding carboxylic acids is 4. The number of aliphatic hydroxyl groups is 1. The van der Waals surface area contributed by atoms with Crippen LogP contribution in [0.4, 0.5) is 0 Å². The highest BCUT2D eigenvalue weighted by molar-refractivity contribution is 7.47. The van der Waals surface area contributed by atoms with Crippen LogP contribution in [-0.2, 0) is 65.4 Å². The van der Waals surface area contributed by atoms with Crippen molar-refractivity contribution in [3.8, 4) is 0 Å². The van der Waals surface area contributed by atoms with Gasteiger partial charge in [-0.15, -0.1) is 0 Å². The summed E-state index contributed by atoms with van der Waals surface area (Å²) < 4.78 is 68.7. The highest BCUT2D eigenvalue weighted by atomic mass is 31.2. The van der Waals surface area contributed by atoms with Crippen LogP contribution in [0.2, 0.25) is 0 Å². The number of phosphoric ester groups is 2. The van der Waals surface area contributed by atoms with Crippen molar-refractivity contribution in [2.75, 3.05) is 39.6 Å². The third-order valence-corrected chi connectivity index (χ3v) is 18.6. The van der Waals surface area contributed by atoms with Crippen LogP contribution < -0.4 is 0 Å². The molecule has 614 valence electrons. The van der Waals surface area contributed by atoms with Crippen LogP contribution in [0.1, 0.15) is 310 Å². The predicted octanol–water partition coefficient (Wildman–Crippen LogP) is 24.6. The van der Waals surface area contributed by atoms with E-state index in [1.165, 1.54) is 51.4 Å². The molecule has 19 heteroatoms. The molecule has 0 heterocycles.